The highest BCUT2D eigenvalue weighted by atomic mass is 32.1. The van der Waals surface area contributed by atoms with Crippen molar-refractivity contribution in [2.75, 3.05) is 19.0 Å². The summed E-state index contributed by atoms with van der Waals surface area (Å²) in [4.78, 5) is 41.8. The molecular formula is C19H19N3O5S2. The standard InChI is InChI=1S/C19H19N3O5S2/c1-4-26-19(25)14-10(2)15(16(24)20-3)29-18(14)22-13(23)8-11-9-28-17(21-11)12-6-5-7-27-12/h5-7,9H,4,8H2,1-3H3,(H,20,24)(H,22,23). The molecule has 0 saturated carbocycles. The molecule has 3 heterocycles. The number of ether oxygens (including phenoxy) is 1. The quantitative estimate of drug-likeness (QED) is 0.552. The lowest BCUT2D eigenvalue weighted by Crippen LogP contribution is -2.18. The topological polar surface area (TPSA) is 111 Å². The molecule has 3 rings (SSSR count). The first-order valence-corrected chi connectivity index (χ1v) is 10.4. The maximum absolute atomic E-state index is 12.6. The van der Waals surface area contributed by atoms with E-state index in [1.165, 1.54) is 18.4 Å². The second kappa shape index (κ2) is 9.01. The number of aromatic nitrogens is 1. The lowest BCUT2D eigenvalue weighted by Gasteiger charge is -2.06. The van der Waals surface area contributed by atoms with Gasteiger partial charge in [-0.3, -0.25) is 9.59 Å². The van der Waals surface area contributed by atoms with Gasteiger partial charge in [0.2, 0.25) is 5.91 Å². The van der Waals surface area contributed by atoms with Gasteiger partial charge in [-0.15, -0.1) is 22.7 Å². The minimum atomic E-state index is -0.583. The van der Waals surface area contributed by atoms with Crippen molar-refractivity contribution in [1.82, 2.24) is 10.3 Å². The number of thiophene rings is 1. The van der Waals surface area contributed by atoms with Gasteiger partial charge in [0, 0.05) is 12.4 Å². The Hall–Kier alpha value is -2.98. The highest BCUT2D eigenvalue weighted by molar-refractivity contribution is 7.18. The third-order valence-electron chi connectivity index (χ3n) is 3.94. The Kier molecular flexibility index (Phi) is 6.45. The Balaban J connectivity index is 1.80. The average molecular weight is 434 g/mol. The predicted octanol–water partition coefficient (Wildman–Crippen LogP) is 3.49. The zero-order valence-corrected chi connectivity index (χ0v) is 17.7. The molecule has 0 bridgehead atoms. The molecular weight excluding hydrogens is 414 g/mol. The van der Waals surface area contributed by atoms with E-state index in [1.807, 2.05) is 0 Å². The molecule has 3 aromatic heterocycles. The van der Waals surface area contributed by atoms with Crippen molar-refractivity contribution in [1.29, 1.82) is 0 Å². The van der Waals surface area contributed by atoms with Gasteiger partial charge in [-0.1, -0.05) is 0 Å². The van der Waals surface area contributed by atoms with Gasteiger partial charge < -0.3 is 19.8 Å². The smallest absolute Gasteiger partial charge is 0.341 e. The lowest BCUT2D eigenvalue weighted by atomic mass is 10.1. The molecule has 2 N–H and O–H groups in total. The Bertz CT molecular complexity index is 1040. The van der Waals surface area contributed by atoms with E-state index in [4.69, 9.17) is 9.15 Å². The van der Waals surface area contributed by atoms with E-state index in [1.54, 1.807) is 37.6 Å². The Morgan fingerprint density at radius 3 is 2.76 bits per heavy atom. The summed E-state index contributed by atoms with van der Waals surface area (Å²) in [5, 5.41) is 7.99. The molecule has 0 radical (unpaired) electrons. The van der Waals surface area contributed by atoms with Crippen LogP contribution in [-0.2, 0) is 16.0 Å². The molecule has 0 fully saturated rings. The molecule has 10 heteroatoms. The van der Waals surface area contributed by atoms with Crippen molar-refractivity contribution in [3.8, 4) is 10.8 Å². The molecule has 29 heavy (non-hydrogen) atoms. The number of carbonyl (C=O) groups excluding carboxylic acids is 3. The van der Waals surface area contributed by atoms with Crippen LogP contribution in [0.15, 0.2) is 28.2 Å². The second-order valence-electron chi connectivity index (χ2n) is 5.91. The van der Waals surface area contributed by atoms with Crippen molar-refractivity contribution < 1.29 is 23.5 Å². The molecule has 0 aliphatic heterocycles. The van der Waals surface area contributed by atoms with Gasteiger partial charge >= 0.3 is 5.97 Å². The summed E-state index contributed by atoms with van der Waals surface area (Å²) >= 11 is 2.41. The van der Waals surface area contributed by atoms with Crippen molar-refractivity contribution in [2.24, 2.45) is 0 Å². The normalized spacial score (nSPS) is 10.6. The van der Waals surface area contributed by atoms with E-state index >= 15 is 0 Å². The van der Waals surface area contributed by atoms with Gasteiger partial charge in [0.15, 0.2) is 10.8 Å². The molecule has 0 atom stereocenters. The van der Waals surface area contributed by atoms with Gasteiger partial charge in [0.05, 0.1) is 35.4 Å². The summed E-state index contributed by atoms with van der Waals surface area (Å²) in [5.41, 5.74) is 1.24. The molecule has 8 nitrogen and oxygen atoms in total. The fourth-order valence-electron chi connectivity index (χ4n) is 2.62. The van der Waals surface area contributed by atoms with E-state index in [2.05, 4.69) is 15.6 Å². The number of nitrogens with one attached hydrogen (secondary N) is 2. The minimum Gasteiger partial charge on any atom is -0.462 e. The van der Waals surface area contributed by atoms with Crippen LogP contribution >= 0.6 is 22.7 Å². The molecule has 0 aromatic carbocycles. The number of furan rings is 1. The Morgan fingerprint density at radius 1 is 1.31 bits per heavy atom. The van der Waals surface area contributed by atoms with Crippen LogP contribution in [0.1, 0.15) is 38.2 Å². The Morgan fingerprint density at radius 2 is 2.10 bits per heavy atom. The summed E-state index contributed by atoms with van der Waals surface area (Å²) < 4.78 is 10.4. The van der Waals surface area contributed by atoms with E-state index in [0.29, 0.717) is 26.9 Å². The Labute approximate surface area is 174 Å². The van der Waals surface area contributed by atoms with Crippen LogP contribution in [0.4, 0.5) is 5.00 Å². The number of esters is 1. The first-order valence-electron chi connectivity index (χ1n) is 8.75. The van der Waals surface area contributed by atoms with Crippen LogP contribution in [0.25, 0.3) is 10.8 Å². The van der Waals surface area contributed by atoms with E-state index < -0.39 is 5.97 Å². The predicted molar refractivity (Wildman–Crippen MR) is 111 cm³/mol. The van der Waals surface area contributed by atoms with Gasteiger partial charge in [0.1, 0.15) is 5.00 Å². The fraction of sp³-hybridized carbons (Fsp3) is 0.263. The number of rotatable bonds is 7. The number of hydrogen-bond donors (Lipinski definition) is 2. The maximum Gasteiger partial charge on any atom is 0.341 e. The van der Waals surface area contributed by atoms with Crippen LogP contribution in [0, 0.1) is 6.92 Å². The molecule has 0 unspecified atom stereocenters. The molecule has 0 spiro atoms. The number of hydrogen-bond acceptors (Lipinski definition) is 8. The van der Waals surface area contributed by atoms with E-state index in [9.17, 15) is 14.4 Å². The van der Waals surface area contributed by atoms with E-state index in [-0.39, 0.29) is 35.4 Å². The van der Waals surface area contributed by atoms with Crippen LogP contribution in [-0.4, -0.2) is 36.4 Å². The van der Waals surface area contributed by atoms with Gasteiger partial charge in [-0.25, -0.2) is 9.78 Å². The zero-order chi connectivity index (χ0) is 21.0. The van der Waals surface area contributed by atoms with Crippen LogP contribution in [0.3, 0.4) is 0 Å². The summed E-state index contributed by atoms with van der Waals surface area (Å²) in [6.45, 7) is 3.53. The third kappa shape index (κ3) is 4.54. The summed E-state index contributed by atoms with van der Waals surface area (Å²) in [6, 6.07) is 3.56. The lowest BCUT2D eigenvalue weighted by molar-refractivity contribution is -0.115. The minimum absolute atomic E-state index is 0.0196. The van der Waals surface area contributed by atoms with Crippen LogP contribution in [0.5, 0.6) is 0 Å². The monoisotopic (exact) mass is 433 g/mol. The highest BCUT2D eigenvalue weighted by Gasteiger charge is 2.26. The zero-order valence-electron chi connectivity index (χ0n) is 16.0. The van der Waals surface area contributed by atoms with Crippen molar-refractivity contribution in [2.45, 2.75) is 20.3 Å². The third-order valence-corrected chi connectivity index (χ3v) is 6.05. The van der Waals surface area contributed by atoms with Crippen molar-refractivity contribution in [3.05, 3.63) is 45.5 Å². The number of nitrogens with zero attached hydrogens (tertiary/aromatic N) is 1. The number of anilines is 1. The molecule has 0 aliphatic carbocycles. The highest BCUT2D eigenvalue weighted by Crippen LogP contribution is 2.34. The second-order valence-corrected chi connectivity index (χ2v) is 7.78. The van der Waals surface area contributed by atoms with Crippen LogP contribution in [0.2, 0.25) is 0 Å². The molecule has 0 saturated heterocycles. The summed E-state index contributed by atoms with van der Waals surface area (Å²) in [5.74, 6) is -0.631. The van der Waals surface area contributed by atoms with E-state index in [0.717, 1.165) is 11.3 Å². The van der Waals surface area contributed by atoms with Gasteiger partial charge in [-0.05, 0) is 31.5 Å². The SMILES string of the molecule is CCOC(=O)c1c(NC(=O)Cc2csc(-c3ccco3)n2)sc(C(=O)NC)c1C. The number of thiazole rings is 1. The summed E-state index contributed by atoms with van der Waals surface area (Å²) in [7, 11) is 1.50. The number of amides is 2. The fourth-order valence-corrected chi connectivity index (χ4v) is 4.56. The molecule has 2 amide bonds. The first kappa shape index (κ1) is 20.7. The first-order chi connectivity index (χ1) is 13.9. The molecule has 152 valence electrons. The van der Waals surface area contributed by atoms with Crippen molar-refractivity contribution >= 4 is 45.5 Å². The van der Waals surface area contributed by atoms with Gasteiger partial charge in [-0.2, -0.15) is 0 Å². The largest absolute Gasteiger partial charge is 0.462 e. The summed E-state index contributed by atoms with van der Waals surface area (Å²) in [6.07, 6.45) is 1.58. The maximum atomic E-state index is 12.6. The van der Waals surface area contributed by atoms with Gasteiger partial charge in [0.25, 0.3) is 5.91 Å². The molecule has 0 aliphatic rings. The van der Waals surface area contributed by atoms with Crippen molar-refractivity contribution in [3.63, 3.8) is 0 Å². The average Bonchev–Trinajstić information content (AvgIpc) is 3.41. The molecule has 3 aromatic rings. The van der Waals surface area contributed by atoms with Crippen LogP contribution < -0.4 is 10.6 Å². The number of carbonyl (C=O) groups is 3.